The van der Waals surface area contributed by atoms with Crippen molar-refractivity contribution in [3.05, 3.63) is 34.7 Å². The first-order valence-corrected chi connectivity index (χ1v) is 8.92. The lowest BCUT2D eigenvalue weighted by atomic mass is 10.1. The van der Waals surface area contributed by atoms with Crippen molar-refractivity contribution in [1.29, 1.82) is 0 Å². The number of thiophene rings is 1. The van der Waals surface area contributed by atoms with Crippen LogP contribution in [0.25, 0.3) is 21.1 Å². The van der Waals surface area contributed by atoms with Gasteiger partial charge in [0.15, 0.2) is 0 Å². The number of rotatable bonds is 3. The number of fused-ring (bicyclic) bond motifs is 2. The van der Waals surface area contributed by atoms with Crippen molar-refractivity contribution in [2.45, 2.75) is 25.9 Å². The Morgan fingerprint density at radius 1 is 1.46 bits per heavy atom. The second-order valence-electron chi connectivity index (χ2n) is 6.23. The van der Waals surface area contributed by atoms with Gasteiger partial charge in [0.05, 0.1) is 17.3 Å². The number of hydrogen-bond donors (Lipinski definition) is 2. The Balaban J connectivity index is 1.66. The summed E-state index contributed by atoms with van der Waals surface area (Å²) in [6.07, 6.45) is 2.17. The summed E-state index contributed by atoms with van der Waals surface area (Å²) in [6, 6.07) is 8.13. The highest BCUT2D eigenvalue weighted by atomic mass is 32.1. The summed E-state index contributed by atoms with van der Waals surface area (Å²) >= 11 is 1.34. The van der Waals surface area contributed by atoms with E-state index in [1.165, 1.54) is 16.9 Å². The number of nitrogen functional groups attached to an aromatic ring is 1. The highest BCUT2D eigenvalue weighted by Crippen LogP contribution is 2.34. The fourth-order valence-electron chi connectivity index (χ4n) is 3.08. The molecule has 24 heavy (non-hydrogen) atoms. The summed E-state index contributed by atoms with van der Waals surface area (Å²) in [5, 5.41) is 4.82. The fourth-order valence-corrected chi connectivity index (χ4v) is 4.08. The monoisotopic (exact) mass is 341 g/mol. The van der Waals surface area contributed by atoms with Gasteiger partial charge < -0.3 is 15.8 Å². The summed E-state index contributed by atoms with van der Waals surface area (Å²) in [4.78, 5) is 18.5. The van der Waals surface area contributed by atoms with E-state index in [-0.39, 0.29) is 12.0 Å². The molecule has 1 amide bonds. The maximum atomic E-state index is 12.5. The third-order valence-electron chi connectivity index (χ3n) is 4.39. The number of aromatic nitrogens is 1. The van der Waals surface area contributed by atoms with Crippen LogP contribution in [0, 0.1) is 6.92 Å². The maximum absolute atomic E-state index is 12.5. The second kappa shape index (κ2) is 6.03. The fraction of sp³-hybridized carbons (Fsp3) is 0.333. The molecule has 1 aromatic carbocycles. The molecule has 0 radical (unpaired) electrons. The first-order chi connectivity index (χ1) is 11.6. The van der Waals surface area contributed by atoms with Crippen LogP contribution in [-0.4, -0.2) is 30.1 Å². The lowest BCUT2D eigenvalue weighted by Gasteiger charge is -2.10. The quantitative estimate of drug-likeness (QED) is 0.766. The Hall–Kier alpha value is -2.18. The van der Waals surface area contributed by atoms with E-state index >= 15 is 0 Å². The molecule has 0 saturated carbocycles. The van der Waals surface area contributed by atoms with Gasteiger partial charge in [0.25, 0.3) is 5.91 Å². The van der Waals surface area contributed by atoms with Crippen molar-refractivity contribution in [3.63, 3.8) is 0 Å². The Morgan fingerprint density at radius 3 is 3.12 bits per heavy atom. The summed E-state index contributed by atoms with van der Waals surface area (Å²) in [5.74, 6) is -0.147. The van der Waals surface area contributed by atoms with E-state index in [4.69, 9.17) is 10.5 Å². The Bertz CT molecular complexity index is 929. The molecular formula is C18H19N3O2S. The van der Waals surface area contributed by atoms with Gasteiger partial charge in [-0.3, -0.25) is 4.79 Å². The molecule has 1 saturated heterocycles. The third-order valence-corrected chi connectivity index (χ3v) is 5.50. The van der Waals surface area contributed by atoms with Gasteiger partial charge in [-0.2, -0.15) is 0 Å². The molecule has 1 aliphatic rings. The van der Waals surface area contributed by atoms with Crippen molar-refractivity contribution in [1.82, 2.24) is 10.3 Å². The van der Waals surface area contributed by atoms with E-state index in [0.29, 0.717) is 17.1 Å². The maximum Gasteiger partial charge on any atom is 0.263 e. The van der Waals surface area contributed by atoms with Crippen LogP contribution in [0.3, 0.4) is 0 Å². The molecule has 2 aromatic heterocycles. The molecule has 1 fully saturated rings. The number of nitrogens with one attached hydrogen (secondary N) is 1. The highest BCUT2D eigenvalue weighted by Gasteiger charge is 2.20. The van der Waals surface area contributed by atoms with Gasteiger partial charge >= 0.3 is 0 Å². The SMILES string of the molecule is Cc1ccc2nc3sc(C(=O)NC[C@H]4CCCO4)c(N)c3cc2c1. The molecule has 0 bridgehead atoms. The second-order valence-corrected chi connectivity index (χ2v) is 7.23. The molecule has 3 aromatic rings. The predicted molar refractivity (Wildman–Crippen MR) is 97.6 cm³/mol. The third kappa shape index (κ3) is 2.72. The minimum Gasteiger partial charge on any atom is -0.397 e. The number of amides is 1. The van der Waals surface area contributed by atoms with Crippen molar-refractivity contribution in [3.8, 4) is 0 Å². The lowest BCUT2D eigenvalue weighted by Crippen LogP contribution is -2.31. The molecule has 4 rings (SSSR count). The van der Waals surface area contributed by atoms with Gasteiger partial charge in [-0.1, -0.05) is 11.6 Å². The summed E-state index contributed by atoms with van der Waals surface area (Å²) in [7, 11) is 0. The number of hydrogen-bond acceptors (Lipinski definition) is 5. The molecule has 1 atom stereocenters. The van der Waals surface area contributed by atoms with Crippen molar-refractivity contribution >= 4 is 44.1 Å². The number of benzene rings is 1. The minimum atomic E-state index is -0.147. The van der Waals surface area contributed by atoms with Gasteiger partial charge in [0, 0.05) is 23.9 Å². The highest BCUT2D eigenvalue weighted by molar-refractivity contribution is 7.21. The molecule has 5 nitrogen and oxygen atoms in total. The van der Waals surface area contributed by atoms with Crippen molar-refractivity contribution in [2.75, 3.05) is 18.9 Å². The van der Waals surface area contributed by atoms with Crippen LogP contribution in [0.4, 0.5) is 5.69 Å². The zero-order valence-corrected chi connectivity index (χ0v) is 14.3. The molecule has 0 aliphatic carbocycles. The van der Waals surface area contributed by atoms with Gasteiger partial charge in [-0.15, -0.1) is 11.3 Å². The minimum absolute atomic E-state index is 0.119. The first kappa shape index (κ1) is 15.4. The van der Waals surface area contributed by atoms with Crippen molar-refractivity contribution < 1.29 is 9.53 Å². The zero-order valence-electron chi connectivity index (χ0n) is 13.5. The van der Waals surface area contributed by atoms with Crippen LogP contribution in [0.15, 0.2) is 24.3 Å². The predicted octanol–water partition coefficient (Wildman–Crippen LogP) is 3.25. The number of ether oxygens (including phenoxy) is 1. The van der Waals surface area contributed by atoms with E-state index in [1.54, 1.807) is 0 Å². The Labute approximate surface area is 143 Å². The number of carbonyl (C=O) groups is 1. The first-order valence-electron chi connectivity index (χ1n) is 8.11. The van der Waals surface area contributed by atoms with E-state index < -0.39 is 0 Å². The van der Waals surface area contributed by atoms with E-state index in [1.807, 2.05) is 25.1 Å². The summed E-state index contributed by atoms with van der Waals surface area (Å²) in [5.41, 5.74) is 8.83. The number of carbonyl (C=O) groups excluding carboxylic acids is 1. The topological polar surface area (TPSA) is 77.2 Å². The number of nitrogens with zero attached hydrogens (tertiary/aromatic N) is 1. The van der Waals surface area contributed by atoms with E-state index in [0.717, 1.165) is 40.6 Å². The van der Waals surface area contributed by atoms with Crippen LogP contribution in [0.2, 0.25) is 0 Å². The molecule has 0 spiro atoms. The summed E-state index contributed by atoms with van der Waals surface area (Å²) < 4.78 is 5.54. The average molecular weight is 341 g/mol. The number of anilines is 1. The van der Waals surface area contributed by atoms with E-state index in [2.05, 4.69) is 16.4 Å². The normalized spacial score (nSPS) is 17.6. The number of nitrogens with two attached hydrogens (primary N) is 1. The van der Waals surface area contributed by atoms with Crippen LogP contribution < -0.4 is 11.1 Å². The van der Waals surface area contributed by atoms with E-state index in [9.17, 15) is 4.79 Å². The van der Waals surface area contributed by atoms with Gasteiger partial charge in [-0.25, -0.2) is 4.98 Å². The standard InChI is InChI=1S/C18H19N3O2S/c1-10-4-5-14-11(7-10)8-13-15(19)16(24-18(13)21-14)17(22)20-9-12-3-2-6-23-12/h4-5,7-8,12H,2-3,6,9,19H2,1H3,(H,20,22)/t12-/m1/s1. The van der Waals surface area contributed by atoms with Gasteiger partial charge in [0.2, 0.25) is 0 Å². The number of aryl methyl sites for hydroxylation is 1. The zero-order chi connectivity index (χ0) is 16.7. The molecular weight excluding hydrogens is 322 g/mol. The van der Waals surface area contributed by atoms with Crippen LogP contribution in [0.5, 0.6) is 0 Å². The Kier molecular flexibility index (Phi) is 3.86. The van der Waals surface area contributed by atoms with Crippen LogP contribution in [-0.2, 0) is 4.74 Å². The van der Waals surface area contributed by atoms with Crippen molar-refractivity contribution in [2.24, 2.45) is 0 Å². The molecule has 1 aliphatic heterocycles. The van der Waals surface area contributed by atoms with Gasteiger partial charge in [-0.05, 0) is 38.0 Å². The van der Waals surface area contributed by atoms with Crippen LogP contribution >= 0.6 is 11.3 Å². The molecule has 0 unspecified atom stereocenters. The van der Waals surface area contributed by atoms with Crippen LogP contribution in [0.1, 0.15) is 28.1 Å². The molecule has 3 N–H and O–H groups in total. The molecule has 3 heterocycles. The number of pyridine rings is 1. The molecule has 6 heteroatoms. The average Bonchev–Trinajstić information content (AvgIpc) is 3.19. The largest absolute Gasteiger partial charge is 0.397 e. The smallest absolute Gasteiger partial charge is 0.263 e. The molecule has 124 valence electrons. The lowest BCUT2D eigenvalue weighted by molar-refractivity contribution is 0.0862. The Morgan fingerprint density at radius 2 is 2.33 bits per heavy atom. The van der Waals surface area contributed by atoms with Gasteiger partial charge in [0.1, 0.15) is 9.71 Å². The summed E-state index contributed by atoms with van der Waals surface area (Å²) in [6.45, 7) is 3.35.